The van der Waals surface area contributed by atoms with Crippen molar-refractivity contribution in [3.8, 4) is 0 Å². The zero-order chi connectivity index (χ0) is 8.48. The van der Waals surface area contributed by atoms with Crippen LogP contribution in [0.1, 0.15) is 0 Å². The van der Waals surface area contributed by atoms with Gasteiger partial charge in [-0.15, -0.1) is 0 Å². The maximum Gasteiger partial charge on any atom is 0.124 e. The third-order valence-corrected chi connectivity index (χ3v) is 2.55. The fraction of sp³-hybridized carbons (Fsp3) is 0.125. The Morgan fingerprint density at radius 3 is 2.55 bits per heavy atom. The highest BCUT2D eigenvalue weighted by Crippen LogP contribution is 2.09. The molecule has 1 atom stereocenters. The molecule has 0 aliphatic carbocycles. The molecule has 0 bridgehead atoms. The Labute approximate surface area is 65.9 Å². The van der Waals surface area contributed by atoms with Gasteiger partial charge in [-0.25, -0.2) is 4.39 Å². The Hall–Kier alpha value is -0.830. The van der Waals surface area contributed by atoms with Crippen LogP contribution in [-0.2, 0) is 9.52 Å². The van der Waals surface area contributed by atoms with E-state index in [-0.39, 0.29) is 5.82 Å². The van der Waals surface area contributed by atoms with Crippen molar-refractivity contribution in [2.45, 2.75) is 4.90 Å². The first kappa shape index (κ1) is 8.27. The average Bonchev–Trinajstić information content (AvgIpc) is 1.86. The Morgan fingerprint density at radius 1 is 1.55 bits per heavy atom. The lowest BCUT2D eigenvalue weighted by molar-refractivity contribution is 0.622. The quantitative estimate of drug-likeness (QED) is 0.587. The van der Waals surface area contributed by atoms with Gasteiger partial charge >= 0.3 is 0 Å². The van der Waals surface area contributed by atoms with Gasteiger partial charge in [-0.05, 0) is 33.6 Å². The van der Waals surface area contributed by atoms with Gasteiger partial charge in [-0.3, -0.25) is 4.21 Å². The van der Waals surface area contributed by atoms with Crippen molar-refractivity contribution < 1.29 is 8.60 Å². The van der Waals surface area contributed by atoms with Crippen molar-refractivity contribution in [3.05, 3.63) is 30.1 Å². The summed E-state index contributed by atoms with van der Waals surface area (Å²) < 4.78 is 23.8. The molecule has 0 amide bonds. The van der Waals surface area contributed by atoms with Gasteiger partial charge in [0, 0.05) is 11.2 Å². The van der Waals surface area contributed by atoms with Crippen molar-refractivity contribution in [2.75, 3.05) is 6.26 Å². The summed E-state index contributed by atoms with van der Waals surface area (Å²) in [6, 6.07) is 5.70. The molecule has 0 radical (unpaired) electrons. The Morgan fingerprint density at radius 2 is 2.18 bits per heavy atom. The van der Waals surface area contributed by atoms with Crippen molar-refractivity contribution in [1.29, 1.82) is 0 Å². The number of rotatable bonds is 1. The lowest BCUT2D eigenvalue weighted by Gasteiger charge is -2.00. The molecule has 1 nitrogen and oxygen atoms in total. The minimum absolute atomic E-state index is 0.374. The van der Waals surface area contributed by atoms with Gasteiger partial charge in [-0.2, -0.15) is 0 Å². The first-order valence-electron chi connectivity index (χ1n) is 3.08. The normalized spacial score (nSPS) is 15.8. The van der Waals surface area contributed by atoms with Gasteiger partial charge in [0.1, 0.15) is 5.82 Å². The molecule has 0 saturated carbocycles. The summed E-state index contributed by atoms with van der Waals surface area (Å²) in [4.78, 5) is 0.456. The molecule has 60 valence electrons. The summed E-state index contributed by atoms with van der Waals surface area (Å²) in [6.07, 6.45) is 1.49. The van der Waals surface area contributed by atoms with Crippen molar-refractivity contribution >= 4 is 15.4 Å². The summed E-state index contributed by atoms with van der Waals surface area (Å²) in [5, 5.41) is 0. The molecule has 0 aliphatic rings. The molecule has 0 aromatic heterocycles. The Bertz CT molecular complexity index is 354. The number of benzene rings is 1. The highest BCUT2D eigenvalue weighted by atomic mass is 32.2. The van der Waals surface area contributed by atoms with E-state index >= 15 is 0 Å². The van der Waals surface area contributed by atoms with Crippen LogP contribution in [0, 0.1) is 5.82 Å². The monoisotopic (exact) mass is 172 g/mol. The number of hydrogen-bond donors (Lipinski definition) is 0. The van der Waals surface area contributed by atoms with Crippen molar-refractivity contribution in [1.82, 2.24) is 0 Å². The van der Waals surface area contributed by atoms with E-state index < -0.39 is 9.52 Å². The van der Waals surface area contributed by atoms with Crippen LogP contribution in [0.4, 0.5) is 4.39 Å². The number of hydrogen-bond acceptors (Lipinski definition) is 1. The van der Waals surface area contributed by atoms with Crippen molar-refractivity contribution in [3.63, 3.8) is 0 Å². The van der Waals surface area contributed by atoms with E-state index in [1.54, 1.807) is 6.07 Å². The van der Waals surface area contributed by atoms with Gasteiger partial charge in [0.15, 0.2) is 0 Å². The van der Waals surface area contributed by atoms with E-state index in [0.717, 1.165) is 0 Å². The minimum atomic E-state index is -2.27. The average molecular weight is 172 g/mol. The van der Waals surface area contributed by atoms with Crippen LogP contribution in [0.5, 0.6) is 0 Å². The first-order chi connectivity index (χ1) is 5.00. The Kier molecular flexibility index (Phi) is 2.00. The molecule has 0 spiro atoms. The largest absolute Gasteiger partial charge is 0.263 e. The van der Waals surface area contributed by atoms with Gasteiger partial charge in [0.25, 0.3) is 0 Å². The Balaban J connectivity index is 3.28. The molecule has 1 unspecified atom stereocenters. The molecular weight excluding hydrogens is 163 g/mol. The van der Waals surface area contributed by atoms with E-state index in [2.05, 4.69) is 5.87 Å². The zero-order valence-electron chi connectivity index (χ0n) is 6.21. The second-order valence-electron chi connectivity index (χ2n) is 2.46. The van der Waals surface area contributed by atoms with E-state index in [1.807, 2.05) is 0 Å². The molecule has 11 heavy (non-hydrogen) atoms. The van der Waals surface area contributed by atoms with E-state index in [9.17, 15) is 8.60 Å². The van der Waals surface area contributed by atoms with Crippen LogP contribution in [0.15, 0.2) is 29.2 Å². The van der Waals surface area contributed by atoms with Gasteiger partial charge in [0.05, 0.1) is 0 Å². The van der Waals surface area contributed by atoms with Gasteiger partial charge < -0.3 is 0 Å². The van der Waals surface area contributed by atoms with Crippen LogP contribution >= 0.6 is 0 Å². The first-order valence-corrected chi connectivity index (χ1v) is 5.21. The molecule has 1 aromatic carbocycles. The van der Waals surface area contributed by atoms with Gasteiger partial charge in [0.2, 0.25) is 0 Å². The van der Waals surface area contributed by atoms with Gasteiger partial charge in [-0.1, -0.05) is 6.07 Å². The maximum absolute atomic E-state index is 12.5. The van der Waals surface area contributed by atoms with E-state index in [0.29, 0.717) is 4.90 Å². The van der Waals surface area contributed by atoms with Crippen molar-refractivity contribution in [2.24, 2.45) is 0 Å². The highest BCUT2D eigenvalue weighted by molar-refractivity contribution is 7.99. The summed E-state index contributed by atoms with van der Waals surface area (Å²) >= 11 is 0. The second-order valence-corrected chi connectivity index (χ2v) is 4.94. The summed E-state index contributed by atoms with van der Waals surface area (Å²) in [5.41, 5.74) is 0. The molecule has 1 rings (SSSR count). The fourth-order valence-electron chi connectivity index (χ4n) is 0.736. The standard InChI is InChI=1S/C8H9FOS/c1-11(2,10)8-5-3-4-7(9)6-8/h3-6H,1H2,2H3. The molecule has 0 saturated heterocycles. The number of halogens is 1. The summed E-state index contributed by atoms with van der Waals surface area (Å²) in [6.45, 7) is 0. The molecule has 0 fully saturated rings. The molecular formula is C8H9FOS. The molecule has 3 heteroatoms. The topological polar surface area (TPSA) is 17.1 Å². The molecule has 1 aromatic rings. The summed E-state index contributed by atoms with van der Waals surface area (Å²) in [7, 11) is -2.27. The van der Waals surface area contributed by atoms with Crippen LogP contribution in [0.25, 0.3) is 0 Å². The van der Waals surface area contributed by atoms with E-state index in [1.165, 1.54) is 24.5 Å². The predicted octanol–water partition coefficient (Wildman–Crippen LogP) is 1.53. The minimum Gasteiger partial charge on any atom is -0.263 e. The third kappa shape index (κ3) is 2.05. The van der Waals surface area contributed by atoms with Crippen LogP contribution in [0.3, 0.4) is 0 Å². The molecule has 0 aliphatic heterocycles. The smallest absolute Gasteiger partial charge is 0.124 e. The zero-order valence-corrected chi connectivity index (χ0v) is 7.03. The lowest BCUT2D eigenvalue weighted by Crippen LogP contribution is -1.96. The predicted molar refractivity (Wildman–Crippen MR) is 45.9 cm³/mol. The second kappa shape index (κ2) is 2.66. The maximum atomic E-state index is 12.5. The highest BCUT2D eigenvalue weighted by Gasteiger charge is 2.00. The summed E-state index contributed by atoms with van der Waals surface area (Å²) in [5.74, 6) is 3.07. The fourth-order valence-corrected chi connectivity index (χ4v) is 1.46. The van der Waals surface area contributed by atoms with Crippen LogP contribution in [0.2, 0.25) is 0 Å². The molecule has 0 N–H and O–H groups in total. The van der Waals surface area contributed by atoms with E-state index in [4.69, 9.17) is 0 Å². The SMILES string of the molecule is C=S(C)(=O)c1cccc(F)c1. The van der Waals surface area contributed by atoms with Crippen LogP contribution in [-0.4, -0.2) is 16.3 Å². The van der Waals surface area contributed by atoms with Crippen LogP contribution < -0.4 is 0 Å². The lowest BCUT2D eigenvalue weighted by atomic mass is 10.4. The third-order valence-electron chi connectivity index (χ3n) is 1.29. The molecule has 0 heterocycles.